The third-order valence-electron chi connectivity index (χ3n) is 3.79. The molecule has 6 nitrogen and oxygen atoms in total. The largest absolute Gasteiger partial charge is 0.440 e. The normalized spacial score (nSPS) is 15.6. The maximum atomic E-state index is 5.99. The molecule has 0 N–H and O–H groups in total. The van der Waals surface area contributed by atoms with E-state index in [1.54, 1.807) is 29.9 Å². The van der Waals surface area contributed by atoms with Gasteiger partial charge in [-0.15, -0.1) is 11.3 Å². The van der Waals surface area contributed by atoms with Crippen LogP contribution in [-0.4, -0.2) is 26.8 Å². The maximum Gasteiger partial charge on any atom is 0.238 e. The lowest BCUT2D eigenvalue weighted by molar-refractivity contribution is 0.0854. The van der Waals surface area contributed by atoms with Crippen LogP contribution in [0.3, 0.4) is 0 Å². The highest BCUT2D eigenvalue weighted by Gasteiger charge is 2.25. The summed E-state index contributed by atoms with van der Waals surface area (Å²) in [5, 5.41) is 5.16. The molecule has 128 valence electrons. The molecule has 0 saturated carbocycles. The molecule has 3 aromatic rings. The van der Waals surface area contributed by atoms with Crippen LogP contribution in [0.15, 0.2) is 40.3 Å². The zero-order valence-electron chi connectivity index (χ0n) is 14.1. The first-order chi connectivity index (χ1) is 12.2. The number of oxazole rings is 1. The van der Waals surface area contributed by atoms with Gasteiger partial charge in [-0.3, -0.25) is 4.98 Å². The molecule has 0 fully saturated rings. The highest BCUT2D eigenvalue weighted by molar-refractivity contribution is 7.18. The fourth-order valence-corrected chi connectivity index (χ4v) is 3.47. The van der Waals surface area contributed by atoms with Gasteiger partial charge in [0.05, 0.1) is 6.20 Å². The maximum absolute atomic E-state index is 5.99. The molecule has 0 spiro atoms. The van der Waals surface area contributed by atoms with Gasteiger partial charge in [-0.05, 0) is 38.8 Å². The molecule has 0 saturated heterocycles. The topological polar surface area (TPSA) is 73.4 Å². The van der Waals surface area contributed by atoms with E-state index >= 15 is 0 Å². The number of pyridine rings is 1. The summed E-state index contributed by atoms with van der Waals surface area (Å²) >= 11 is 1.54. The molecule has 7 heteroatoms. The Morgan fingerprint density at radius 1 is 1.28 bits per heavy atom. The molecule has 4 rings (SSSR count). The van der Waals surface area contributed by atoms with Gasteiger partial charge < -0.3 is 9.25 Å². The van der Waals surface area contributed by atoms with E-state index in [-0.39, 0.29) is 6.10 Å². The van der Waals surface area contributed by atoms with Crippen LogP contribution in [0.5, 0.6) is 0 Å². The Kier molecular flexibility index (Phi) is 4.31. The van der Waals surface area contributed by atoms with Crippen molar-refractivity contribution in [1.82, 2.24) is 15.0 Å². The summed E-state index contributed by atoms with van der Waals surface area (Å²) in [5.74, 6) is 1.47. The summed E-state index contributed by atoms with van der Waals surface area (Å²) in [6.45, 7) is 3.92. The Labute approximate surface area is 149 Å². The Bertz CT molecular complexity index is 899. The molecule has 1 aliphatic carbocycles. The summed E-state index contributed by atoms with van der Waals surface area (Å²) in [6, 6.07) is 3.89. The molecule has 0 aliphatic heterocycles. The second-order valence-electron chi connectivity index (χ2n) is 6.11. The molecule has 25 heavy (non-hydrogen) atoms. The lowest BCUT2D eigenvalue weighted by Gasteiger charge is -2.11. The molecule has 0 atom stereocenters. The van der Waals surface area contributed by atoms with Crippen LogP contribution in [0.1, 0.15) is 38.1 Å². The van der Waals surface area contributed by atoms with Crippen LogP contribution >= 0.6 is 11.3 Å². The number of aryl methyl sites for hydroxylation is 1. The third kappa shape index (κ3) is 3.32. The van der Waals surface area contributed by atoms with E-state index in [9.17, 15) is 0 Å². The molecule has 0 aromatic carbocycles. The quantitative estimate of drug-likeness (QED) is 0.652. The predicted octanol–water partition coefficient (Wildman–Crippen LogP) is 4.33. The monoisotopic (exact) mass is 354 g/mol. The smallest absolute Gasteiger partial charge is 0.238 e. The van der Waals surface area contributed by atoms with Crippen molar-refractivity contribution in [1.29, 1.82) is 0 Å². The minimum Gasteiger partial charge on any atom is -0.440 e. The molecule has 0 amide bonds. The Morgan fingerprint density at radius 3 is 3.00 bits per heavy atom. The van der Waals surface area contributed by atoms with Crippen LogP contribution in [-0.2, 0) is 11.3 Å². The van der Waals surface area contributed by atoms with Gasteiger partial charge in [-0.25, -0.2) is 9.97 Å². The van der Waals surface area contributed by atoms with Crippen molar-refractivity contribution in [3.63, 3.8) is 0 Å². The first-order valence-electron chi connectivity index (χ1n) is 8.30. The van der Waals surface area contributed by atoms with Crippen LogP contribution in [0.2, 0.25) is 0 Å². The van der Waals surface area contributed by atoms with E-state index in [0.717, 1.165) is 51.9 Å². The van der Waals surface area contributed by atoms with Crippen LogP contribution in [0.4, 0.5) is 0 Å². The van der Waals surface area contributed by atoms with Crippen LogP contribution < -0.4 is 0 Å². The predicted molar refractivity (Wildman–Crippen MR) is 96.5 cm³/mol. The van der Waals surface area contributed by atoms with Gasteiger partial charge in [0.1, 0.15) is 33.2 Å². The Balaban J connectivity index is 1.65. The molecular weight excluding hydrogens is 336 g/mol. The van der Waals surface area contributed by atoms with Crippen molar-refractivity contribution in [3.05, 3.63) is 42.2 Å². The lowest BCUT2D eigenvalue weighted by atomic mass is 10.0. The van der Waals surface area contributed by atoms with Crippen molar-refractivity contribution in [2.24, 2.45) is 5.16 Å². The number of fused-ring (bicyclic) bond motifs is 1. The number of nitrogens with zero attached hydrogens (tertiary/aromatic N) is 4. The lowest BCUT2D eigenvalue weighted by Crippen LogP contribution is -2.12. The molecule has 1 aliphatic rings. The second kappa shape index (κ2) is 6.76. The summed E-state index contributed by atoms with van der Waals surface area (Å²) < 4.78 is 5.99. The number of rotatable bonds is 4. The summed E-state index contributed by atoms with van der Waals surface area (Å²) in [6.07, 6.45) is 8.12. The van der Waals surface area contributed by atoms with E-state index in [1.165, 1.54) is 0 Å². The standard InChI is InChI=1S/C18H18N4O2S/c1-11(2)24-22-13-6-3-7-14-16(13)21-17(23-14)15-10-20-18(25-15)12-5-4-8-19-9-12/h4-5,8-11H,3,6-7H2,1-2H3/b22-13+. The van der Waals surface area contributed by atoms with Crippen LogP contribution in [0.25, 0.3) is 21.3 Å². The molecule has 0 radical (unpaired) electrons. The van der Waals surface area contributed by atoms with Crippen molar-refractivity contribution >= 4 is 17.0 Å². The van der Waals surface area contributed by atoms with Gasteiger partial charge in [0.25, 0.3) is 0 Å². The molecule has 0 unspecified atom stereocenters. The molecular formula is C18H18N4O2S. The number of aromatic nitrogens is 3. The van der Waals surface area contributed by atoms with E-state index in [1.807, 2.05) is 26.0 Å². The number of hydrogen-bond donors (Lipinski definition) is 0. The van der Waals surface area contributed by atoms with Gasteiger partial charge in [0.15, 0.2) is 0 Å². The zero-order chi connectivity index (χ0) is 17.2. The summed E-state index contributed by atoms with van der Waals surface area (Å²) in [7, 11) is 0. The SMILES string of the molecule is CC(C)O/N=C1\CCCc2oc(-c3cnc(-c4cccnc4)s3)nc21. The van der Waals surface area contributed by atoms with Crippen molar-refractivity contribution in [2.75, 3.05) is 0 Å². The van der Waals surface area contributed by atoms with Gasteiger partial charge in [-0.2, -0.15) is 0 Å². The van der Waals surface area contributed by atoms with Crippen molar-refractivity contribution < 1.29 is 9.25 Å². The summed E-state index contributed by atoms with van der Waals surface area (Å²) in [5.41, 5.74) is 2.67. The molecule has 3 heterocycles. The molecule has 3 aromatic heterocycles. The summed E-state index contributed by atoms with van der Waals surface area (Å²) in [4.78, 5) is 19.6. The fraction of sp³-hybridized carbons (Fsp3) is 0.333. The number of thiazole rings is 1. The third-order valence-corrected chi connectivity index (χ3v) is 4.82. The minimum absolute atomic E-state index is 0.0489. The Morgan fingerprint density at radius 2 is 2.20 bits per heavy atom. The van der Waals surface area contributed by atoms with E-state index in [2.05, 4.69) is 20.1 Å². The average Bonchev–Trinajstić information content (AvgIpc) is 3.27. The van der Waals surface area contributed by atoms with Crippen molar-refractivity contribution in [3.8, 4) is 21.3 Å². The van der Waals surface area contributed by atoms with E-state index in [4.69, 9.17) is 9.25 Å². The van der Waals surface area contributed by atoms with Gasteiger partial charge >= 0.3 is 0 Å². The number of oxime groups is 1. The second-order valence-corrected chi connectivity index (χ2v) is 7.14. The fourth-order valence-electron chi connectivity index (χ4n) is 2.64. The zero-order valence-corrected chi connectivity index (χ0v) is 14.9. The molecule has 0 bridgehead atoms. The van der Waals surface area contributed by atoms with Crippen LogP contribution in [0, 0.1) is 0 Å². The number of hydrogen-bond acceptors (Lipinski definition) is 7. The highest BCUT2D eigenvalue weighted by atomic mass is 32.1. The van der Waals surface area contributed by atoms with E-state index in [0.29, 0.717) is 5.89 Å². The van der Waals surface area contributed by atoms with Gasteiger partial charge in [-0.1, -0.05) is 5.16 Å². The van der Waals surface area contributed by atoms with Gasteiger partial charge in [0, 0.05) is 24.4 Å². The van der Waals surface area contributed by atoms with E-state index < -0.39 is 0 Å². The van der Waals surface area contributed by atoms with Crippen molar-refractivity contribution in [2.45, 2.75) is 39.2 Å². The Hall–Kier alpha value is -2.54. The first-order valence-corrected chi connectivity index (χ1v) is 9.11. The first kappa shape index (κ1) is 16.0. The minimum atomic E-state index is 0.0489. The average molecular weight is 354 g/mol. The van der Waals surface area contributed by atoms with Gasteiger partial charge in [0.2, 0.25) is 5.89 Å². The highest BCUT2D eigenvalue weighted by Crippen LogP contribution is 2.34.